The van der Waals surface area contributed by atoms with Crippen molar-refractivity contribution in [1.29, 1.82) is 0 Å². The Labute approximate surface area is 223 Å². The summed E-state index contributed by atoms with van der Waals surface area (Å²) in [6, 6.07) is 8.89. The highest BCUT2D eigenvalue weighted by molar-refractivity contribution is 5.99. The third-order valence-corrected chi connectivity index (χ3v) is 7.37. The van der Waals surface area contributed by atoms with Crippen molar-refractivity contribution >= 4 is 16.9 Å². The summed E-state index contributed by atoms with van der Waals surface area (Å²) in [5.41, 5.74) is 3.26. The molecule has 0 saturated carbocycles. The smallest absolute Gasteiger partial charge is 0.291 e. The van der Waals surface area contributed by atoms with E-state index in [-0.39, 0.29) is 23.2 Å². The van der Waals surface area contributed by atoms with Gasteiger partial charge in [0.1, 0.15) is 5.58 Å². The molecule has 0 spiro atoms. The fraction of sp³-hybridized carbons (Fsp3) is 0.484. The number of nitrogens with zero attached hydrogens (tertiary/aromatic N) is 1. The van der Waals surface area contributed by atoms with Crippen LogP contribution in [0.2, 0.25) is 0 Å². The van der Waals surface area contributed by atoms with Crippen LogP contribution < -0.4 is 14.9 Å². The van der Waals surface area contributed by atoms with Gasteiger partial charge in [-0.3, -0.25) is 9.59 Å². The number of aryl methyl sites for hydroxylation is 2. The second kappa shape index (κ2) is 10.8. The second-order valence-corrected chi connectivity index (χ2v) is 10.8. The van der Waals surface area contributed by atoms with Crippen LogP contribution in [0.4, 0.5) is 0 Å². The molecule has 2 aromatic carbocycles. The lowest BCUT2D eigenvalue weighted by atomic mass is 9.96. The molecular formula is C31H37NO6. The van der Waals surface area contributed by atoms with Gasteiger partial charge in [0.05, 0.1) is 36.3 Å². The number of hydrogen-bond donors (Lipinski definition) is 0. The van der Waals surface area contributed by atoms with Crippen molar-refractivity contribution in [2.75, 3.05) is 26.4 Å². The number of benzene rings is 2. The molecule has 2 atom stereocenters. The van der Waals surface area contributed by atoms with Gasteiger partial charge in [0, 0.05) is 13.2 Å². The van der Waals surface area contributed by atoms with E-state index >= 15 is 0 Å². The Morgan fingerprint density at radius 3 is 2.61 bits per heavy atom. The number of carbonyl (C=O) groups excluding carboxylic acids is 1. The summed E-state index contributed by atoms with van der Waals surface area (Å²) in [5.74, 6) is 1.62. The molecule has 1 saturated heterocycles. The molecular weight excluding hydrogens is 482 g/mol. The lowest BCUT2D eigenvalue weighted by molar-refractivity contribution is 0.0486. The lowest BCUT2D eigenvalue weighted by Gasteiger charge is -2.28. The van der Waals surface area contributed by atoms with Crippen molar-refractivity contribution < 1.29 is 23.4 Å². The van der Waals surface area contributed by atoms with Gasteiger partial charge in [-0.05, 0) is 80.8 Å². The first kappa shape index (κ1) is 26.3. The van der Waals surface area contributed by atoms with Gasteiger partial charge in [0.15, 0.2) is 16.9 Å². The third kappa shape index (κ3) is 4.92. The summed E-state index contributed by atoms with van der Waals surface area (Å²) in [6.45, 7) is 12.2. The second-order valence-electron chi connectivity index (χ2n) is 10.8. The number of fused-ring (bicyclic) bond motifs is 2. The zero-order chi connectivity index (χ0) is 27.0. The molecule has 2 aliphatic rings. The molecule has 1 amide bonds. The van der Waals surface area contributed by atoms with Crippen LogP contribution in [0.5, 0.6) is 11.5 Å². The predicted molar refractivity (Wildman–Crippen MR) is 146 cm³/mol. The molecule has 0 N–H and O–H groups in total. The van der Waals surface area contributed by atoms with Crippen molar-refractivity contribution in [2.45, 2.75) is 66.0 Å². The van der Waals surface area contributed by atoms with E-state index in [2.05, 4.69) is 13.8 Å². The topological polar surface area (TPSA) is 78.2 Å². The zero-order valence-corrected chi connectivity index (χ0v) is 23.0. The maximum absolute atomic E-state index is 14.0. The van der Waals surface area contributed by atoms with Gasteiger partial charge in [-0.25, -0.2) is 0 Å². The summed E-state index contributed by atoms with van der Waals surface area (Å²) in [4.78, 5) is 29.6. The van der Waals surface area contributed by atoms with Gasteiger partial charge in [0.2, 0.25) is 5.76 Å². The monoisotopic (exact) mass is 519 g/mol. The normalized spacial score (nSPS) is 19.0. The van der Waals surface area contributed by atoms with Crippen LogP contribution >= 0.6 is 0 Å². The largest absolute Gasteiger partial charge is 0.490 e. The number of hydrogen-bond acceptors (Lipinski definition) is 6. The molecule has 3 aromatic rings. The van der Waals surface area contributed by atoms with Crippen LogP contribution in [0.1, 0.15) is 78.9 Å². The molecule has 38 heavy (non-hydrogen) atoms. The standard InChI is InChI=1S/C31H37NO6/c1-6-35-24-16-21(9-10-23(24)37-13-11-18(2)3)28-27-29(33)26-20(5)14-19(4)15-25(26)38-30(27)31(34)32(28)17-22-8-7-12-36-22/h9-10,14-16,18,22,28H,6-8,11-13,17H2,1-5H3. The highest BCUT2D eigenvalue weighted by atomic mass is 16.5. The molecule has 0 aliphatic carbocycles. The zero-order valence-electron chi connectivity index (χ0n) is 23.0. The molecule has 0 bridgehead atoms. The van der Waals surface area contributed by atoms with Crippen LogP contribution in [-0.2, 0) is 4.74 Å². The third-order valence-electron chi connectivity index (χ3n) is 7.37. The first-order chi connectivity index (χ1) is 18.3. The number of amides is 1. The van der Waals surface area contributed by atoms with Crippen LogP contribution in [0.3, 0.4) is 0 Å². The van der Waals surface area contributed by atoms with Gasteiger partial charge in [-0.2, -0.15) is 0 Å². The van der Waals surface area contributed by atoms with E-state index in [1.165, 1.54) is 0 Å². The van der Waals surface area contributed by atoms with E-state index in [1.54, 1.807) is 4.90 Å². The highest BCUT2D eigenvalue weighted by Crippen LogP contribution is 2.42. The van der Waals surface area contributed by atoms with E-state index in [4.69, 9.17) is 18.6 Å². The van der Waals surface area contributed by atoms with Crippen LogP contribution in [0.25, 0.3) is 11.0 Å². The van der Waals surface area contributed by atoms with Gasteiger partial charge < -0.3 is 23.5 Å². The molecule has 202 valence electrons. The van der Waals surface area contributed by atoms with Crippen molar-refractivity contribution in [3.05, 3.63) is 68.6 Å². The van der Waals surface area contributed by atoms with E-state index in [1.807, 2.05) is 51.1 Å². The van der Waals surface area contributed by atoms with E-state index in [0.717, 1.165) is 36.0 Å². The molecule has 1 fully saturated rings. The van der Waals surface area contributed by atoms with Crippen LogP contribution in [0.15, 0.2) is 39.5 Å². The van der Waals surface area contributed by atoms with E-state index in [0.29, 0.717) is 60.3 Å². The predicted octanol–water partition coefficient (Wildman–Crippen LogP) is 5.96. The maximum atomic E-state index is 14.0. The Morgan fingerprint density at radius 1 is 1.08 bits per heavy atom. The SMILES string of the molecule is CCOc1cc(C2c3c(oc4cc(C)cc(C)c4c3=O)C(=O)N2CC2CCCO2)ccc1OCCC(C)C. The van der Waals surface area contributed by atoms with Crippen molar-refractivity contribution in [3.8, 4) is 11.5 Å². The highest BCUT2D eigenvalue weighted by Gasteiger charge is 2.44. The van der Waals surface area contributed by atoms with E-state index < -0.39 is 6.04 Å². The Balaban J connectivity index is 1.63. The van der Waals surface area contributed by atoms with Crippen LogP contribution in [-0.4, -0.2) is 43.3 Å². The van der Waals surface area contributed by atoms with Gasteiger partial charge in [-0.15, -0.1) is 0 Å². The minimum atomic E-state index is -0.605. The molecule has 2 unspecified atom stereocenters. The minimum absolute atomic E-state index is 0.0748. The summed E-state index contributed by atoms with van der Waals surface area (Å²) in [7, 11) is 0. The fourth-order valence-electron chi connectivity index (χ4n) is 5.54. The average molecular weight is 520 g/mol. The van der Waals surface area contributed by atoms with Gasteiger partial charge >= 0.3 is 0 Å². The molecule has 2 aliphatic heterocycles. The summed E-state index contributed by atoms with van der Waals surface area (Å²) < 4.78 is 24.1. The maximum Gasteiger partial charge on any atom is 0.291 e. The number of carbonyl (C=O) groups is 1. The molecule has 1 aromatic heterocycles. The molecule has 0 radical (unpaired) electrons. The Hall–Kier alpha value is -3.32. The van der Waals surface area contributed by atoms with E-state index in [9.17, 15) is 9.59 Å². The van der Waals surface area contributed by atoms with Gasteiger partial charge in [-0.1, -0.05) is 26.0 Å². The van der Waals surface area contributed by atoms with Crippen LogP contribution in [0, 0.1) is 19.8 Å². The fourth-order valence-corrected chi connectivity index (χ4v) is 5.54. The first-order valence-electron chi connectivity index (χ1n) is 13.7. The minimum Gasteiger partial charge on any atom is -0.490 e. The first-order valence-corrected chi connectivity index (χ1v) is 13.7. The number of rotatable bonds is 9. The Kier molecular flexibility index (Phi) is 7.48. The summed E-state index contributed by atoms with van der Waals surface area (Å²) in [5, 5.41) is 0.518. The lowest BCUT2D eigenvalue weighted by Crippen LogP contribution is -2.36. The summed E-state index contributed by atoms with van der Waals surface area (Å²) in [6.07, 6.45) is 2.69. The molecule has 3 heterocycles. The van der Waals surface area contributed by atoms with Crippen molar-refractivity contribution in [3.63, 3.8) is 0 Å². The van der Waals surface area contributed by atoms with Gasteiger partial charge in [0.25, 0.3) is 5.91 Å². The number of ether oxygens (including phenoxy) is 3. The average Bonchev–Trinajstić information content (AvgIpc) is 3.47. The Bertz CT molecular complexity index is 1400. The molecule has 5 rings (SSSR count). The van der Waals surface area contributed by atoms with Crippen molar-refractivity contribution in [1.82, 2.24) is 4.90 Å². The molecule has 7 heteroatoms. The quantitative estimate of drug-likeness (QED) is 0.347. The molecule has 7 nitrogen and oxygen atoms in total. The van der Waals surface area contributed by atoms with Crippen molar-refractivity contribution in [2.24, 2.45) is 5.92 Å². The Morgan fingerprint density at radius 2 is 1.89 bits per heavy atom. The summed E-state index contributed by atoms with van der Waals surface area (Å²) >= 11 is 0.